The highest BCUT2D eigenvalue weighted by molar-refractivity contribution is 6.13. The molecule has 0 saturated carbocycles. The van der Waals surface area contributed by atoms with Gasteiger partial charge in [0.25, 0.3) is 17.7 Å². The highest BCUT2D eigenvalue weighted by atomic mass is 16.5. The van der Waals surface area contributed by atoms with Crippen molar-refractivity contribution in [2.24, 2.45) is 11.7 Å². The maximum absolute atomic E-state index is 13.6. The summed E-state index contributed by atoms with van der Waals surface area (Å²) in [5, 5.41) is 16.3. The molecule has 4 heterocycles. The lowest BCUT2D eigenvalue weighted by Crippen LogP contribution is -2.54. The first-order valence-corrected chi connectivity index (χ1v) is 24.6. The zero-order valence-electron chi connectivity index (χ0n) is 41.8. The zero-order valence-corrected chi connectivity index (χ0v) is 41.8. The lowest BCUT2D eigenvalue weighted by atomic mass is 10.0. The van der Waals surface area contributed by atoms with Crippen molar-refractivity contribution in [3.8, 4) is 17.0 Å². The number of pyridine rings is 1. The number of anilines is 4. The monoisotopic (exact) mass is 1030 g/mol. The van der Waals surface area contributed by atoms with Crippen LogP contribution in [-0.4, -0.2) is 132 Å². The van der Waals surface area contributed by atoms with Gasteiger partial charge in [-0.05, 0) is 67.5 Å². The SMILES string of the molecule is CC(C)C(NC(=O)CCCCCN1C(=O)C=CC1=O)C(=O)N[C@@H](CCCNC(N)=O)C(=O)Nc1ccc(COC(=O)NCCOc2cccc(-c3cnc(N)c(C(=O)Nc4cnccc4N4CCOCC4)n3)c2)cc1. The second-order valence-corrected chi connectivity index (χ2v) is 17.8. The normalized spacial score (nSPS) is 13.9. The fraction of sp³-hybridized carbons (Fsp3) is 0.392. The number of alkyl carbamates (subject to hydrolysis) is 1. The van der Waals surface area contributed by atoms with Gasteiger partial charge in [0.15, 0.2) is 11.5 Å². The van der Waals surface area contributed by atoms with Crippen LogP contribution in [-0.2, 0) is 40.1 Å². The van der Waals surface area contributed by atoms with Crippen molar-refractivity contribution in [3.05, 3.63) is 96.6 Å². The van der Waals surface area contributed by atoms with Crippen LogP contribution in [0.5, 0.6) is 5.75 Å². The van der Waals surface area contributed by atoms with E-state index < -0.39 is 41.9 Å². The van der Waals surface area contributed by atoms with Crippen LogP contribution in [0, 0.1) is 5.92 Å². The van der Waals surface area contributed by atoms with Crippen LogP contribution in [0.2, 0.25) is 0 Å². The first kappa shape index (κ1) is 55.6. The fourth-order valence-electron chi connectivity index (χ4n) is 7.84. The number of primary amides is 1. The molecule has 9 amide bonds. The van der Waals surface area contributed by atoms with Crippen molar-refractivity contribution >= 4 is 70.4 Å². The van der Waals surface area contributed by atoms with E-state index in [1.807, 2.05) is 6.07 Å². The van der Waals surface area contributed by atoms with Crippen molar-refractivity contribution in [3.63, 3.8) is 0 Å². The van der Waals surface area contributed by atoms with E-state index in [1.165, 1.54) is 18.3 Å². The Bertz CT molecular complexity index is 2680. The van der Waals surface area contributed by atoms with Crippen LogP contribution >= 0.6 is 0 Å². The topological polar surface area (TPSA) is 334 Å². The number of carbonyl (C=O) groups excluding carboxylic acids is 8. The van der Waals surface area contributed by atoms with Gasteiger partial charge in [0.2, 0.25) is 17.7 Å². The molecular formula is C51H63N13O11. The van der Waals surface area contributed by atoms with Gasteiger partial charge in [-0.15, -0.1) is 0 Å². The second kappa shape index (κ2) is 28.0. The van der Waals surface area contributed by atoms with Crippen molar-refractivity contribution in [2.45, 2.75) is 71.1 Å². The molecule has 1 saturated heterocycles. The summed E-state index contributed by atoms with van der Waals surface area (Å²) in [7, 11) is 0. The van der Waals surface area contributed by atoms with Gasteiger partial charge in [0.1, 0.15) is 31.0 Å². The Morgan fingerprint density at radius 3 is 2.33 bits per heavy atom. The molecule has 2 aromatic carbocycles. The third-order valence-corrected chi connectivity index (χ3v) is 11.8. The van der Waals surface area contributed by atoms with E-state index in [1.54, 1.807) is 74.8 Å². The maximum atomic E-state index is 13.6. The number of hydrogen-bond acceptors (Lipinski definition) is 16. The number of nitrogen functional groups attached to an aromatic ring is 1. The molecule has 0 spiro atoms. The van der Waals surface area contributed by atoms with E-state index in [0.717, 1.165) is 10.6 Å². The van der Waals surface area contributed by atoms with Gasteiger partial charge in [-0.25, -0.2) is 19.6 Å². The van der Waals surface area contributed by atoms with Gasteiger partial charge in [-0.2, -0.15) is 0 Å². The van der Waals surface area contributed by atoms with Crippen LogP contribution in [0.3, 0.4) is 0 Å². The van der Waals surface area contributed by atoms with E-state index >= 15 is 0 Å². The molecule has 2 aromatic heterocycles. The molecule has 0 radical (unpaired) electrons. The van der Waals surface area contributed by atoms with Crippen LogP contribution < -0.4 is 53.0 Å². The molecule has 1 fully saturated rings. The minimum atomic E-state index is -1.06. The molecule has 24 heteroatoms. The fourth-order valence-corrected chi connectivity index (χ4v) is 7.84. The number of amides is 9. The quantitative estimate of drug-likeness (QED) is 0.0331. The summed E-state index contributed by atoms with van der Waals surface area (Å²) in [5.74, 6) is -2.68. The molecule has 1 unspecified atom stereocenters. The molecule has 2 aliphatic rings. The largest absolute Gasteiger partial charge is 0.492 e. The number of nitrogens with one attached hydrogen (secondary N) is 6. The molecule has 2 aliphatic heterocycles. The molecule has 24 nitrogen and oxygen atoms in total. The number of aromatic nitrogens is 3. The number of benzene rings is 2. The van der Waals surface area contributed by atoms with Crippen LogP contribution in [0.25, 0.3) is 11.3 Å². The molecule has 0 aliphatic carbocycles. The number of rotatable bonds is 26. The maximum Gasteiger partial charge on any atom is 0.407 e. The van der Waals surface area contributed by atoms with Crippen LogP contribution in [0.1, 0.15) is 68.4 Å². The number of carbonyl (C=O) groups is 8. The molecule has 75 heavy (non-hydrogen) atoms. The van der Waals surface area contributed by atoms with E-state index in [0.29, 0.717) is 79.5 Å². The molecule has 2 atom stereocenters. The lowest BCUT2D eigenvalue weighted by Gasteiger charge is -2.30. The average molecular weight is 1030 g/mol. The molecular weight excluding hydrogens is 971 g/mol. The smallest absolute Gasteiger partial charge is 0.407 e. The summed E-state index contributed by atoms with van der Waals surface area (Å²) >= 11 is 0. The van der Waals surface area contributed by atoms with Gasteiger partial charge < -0.3 is 62.5 Å². The molecule has 6 rings (SSSR count). The van der Waals surface area contributed by atoms with Crippen LogP contribution in [0.15, 0.2) is 85.3 Å². The third-order valence-electron chi connectivity index (χ3n) is 11.8. The third kappa shape index (κ3) is 17.2. The van der Waals surface area contributed by atoms with Gasteiger partial charge >= 0.3 is 12.1 Å². The Hall–Kier alpha value is -8.67. The molecule has 10 N–H and O–H groups in total. The van der Waals surface area contributed by atoms with E-state index in [2.05, 4.69) is 51.8 Å². The van der Waals surface area contributed by atoms with E-state index in [-0.39, 0.29) is 87.3 Å². The summed E-state index contributed by atoms with van der Waals surface area (Å²) in [5.41, 5.74) is 14.5. The van der Waals surface area contributed by atoms with E-state index in [9.17, 15) is 38.4 Å². The highest BCUT2D eigenvalue weighted by Gasteiger charge is 2.29. The summed E-state index contributed by atoms with van der Waals surface area (Å²) in [6.07, 6.45) is 8.51. The zero-order chi connectivity index (χ0) is 53.7. The number of unbranched alkanes of at least 4 members (excludes halogenated alkanes) is 2. The second-order valence-electron chi connectivity index (χ2n) is 17.8. The Balaban J connectivity index is 0.931. The number of hydrogen-bond donors (Lipinski definition) is 8. The number of nitrogens with two attached hydrogens (primary N) is 2. The Morgan fingerprint density at radius 1 is 0.840 bits per heavy atom. The number of morpholine rings is 1. The Morgan fingerprint density at radius 2 is 1.60 bits per heavy atom. The molecule has 398 valence electrons. The minimum Gasteiger partial charge on any atom is -0.492 e. The molecule has 0 bridgehead atoms. The predicted molar refractivity (Wildman–Crippen MR) is 276 cm³/mol. The number of urea groups is 1. The summed E-state index contributed by atoms with van der Waals surface area (Å²) < 4.78 is 16.7. The van der Waals surface area contributed by atoms with E-state index in [4.69, 9.17) is 25.7 Å². The first-order valence-electron chi connectivity index (χ1n) is 24.6. The average Bonchev–Trinajstić information content (AvgIpc) is 3.72. The first-order chi connectivity index (χ1) is 36.1. The van der Waals surface area contributed by atoms with Gasteiger partial charge in [-0.1, -0.05) is 44.5 Å². The van der Waals surface area contributed by atoms with Crippen molar-refractivity contribution in [1.82, 2.24) is 41.1 Å². The van der Waals surface area contributed by atoms with Crippen molar-refractivity contribution < 1.29 is 52.6 Å². The Kier molecular flexibility index (Phi) is 20.7. The molecule has 4 aromatic rings. The summed E-state index contributed by atoms with van der Waals surface area (Å²) in [6, 6.07) is 12.6. The number of ether oxygens (including phenoxy) is 3. The van der Waals surface area contributed by atoms with Gasteiger partial charge in [-0.3, -0.25) is 38.7 Å². The van der Waals surface area contributed by atoms with Crippen molar-refractivity contribution in [2.75, 3.05) is 73.8 Å². The van der Waals surface area contributed by atoms with Crippen LogP contribution in [0.4, 0.5) is 32.5 Å². The standard InChI is InChI=1S/C51H63N13O11/c1-32(2)44(62-41(65)11-4-3-5-22-64-42(66)16-17-43(64)67)48(69)60-37(10-7-19-55-50(53)71)47(68)58-35-14-12-33(13-15-35)31-75-51(72)56-21-25-74-36-9-6-8-34(28-36)38-30-57-46(52)45(59-38)49(70)61-39-29-54-20-18-40(39)63-23-26-73-27-24-63/h6,8-9,12-18,20,28-30,32,37,44H,3-5,7,10-11,19,21-27,31H2,1-2H3,(H2,52,57)(H,56,72)(H,58,68)(H,60,69)(H,61,70)(H,62,65)(H3,53,55,71)/t37-,44?/m0/s1. The highest BCUT2D eigenvalue weighted by Crippen LogP contribution is 2.28. The van der Waals surface area contributed by atoms with Gasteiger partial charge in [0, 0.05) is 62.2 Å². The number of imide groups is 1. The lowest BCUT2D eigenvalue weighted by molar-refractivity contribution is -0.137. The Labute approximate surface area is 433 Å². The van der Waals surface area contributed by atoms with Crippen molar-refractivity contribution in [1.29, 1.82) is 0 Å². The predicted octanol–water partition coefficient (Wildman–Crippen LogP) is 3.01. The summed E-state index contributed by atoms with van der Waals surface area (Å²) in [4.78, 5) is 117. The minimum absolute atomic E-state index is 0.0469. The summed E-state index contributed by atoms with van der Waals surface area (Å²) in [6.45, 7) is 6.49. The number of nitrogens with zero attached hydrogens (tertiary/aromatic N) is 5. The van der Waals surface area contributed by atoms with Gasteiger partial charge in [0.05, 0.1) is 49.2 Å².